The van der Waals surface area contributed by atoms with Gasteiger partial charge in [0.15, 0.2) is 0 Å². The summed E-state index contributed by atoms with van der Waals surface area (Å²) in [6.07, 6.45) is 0. The van der Waals surface area contributed by atoms with Crippen LogP contribution in [0, 0.1) is 6.92 Å². The first-order valence-corrected chi connectivity index (χ1v) is 7.77. The molecule has 5 nitrogen and oxygen atoms in total. The van der Waals surface area contributed by atoms with E-state index in [9.17, 15) is 4.79 Å². The zero-order valence-electron chi connectivity index (χ0n) is 14.4. The van der Waals surface area contributed by atoms with Gasteiger partial charge in [-0.05, 0) is 30.0 Å². The van der Waals surface area contributed by atoms with E-state index in [1.807, 2.05) is 50.2 Å². The number of amides is 1. The van der Waals surface area contributed by atoms with Crippen molar-refractivity contribution in [1.29, 1.82) is 0 Å². The number of anilines is 1. The van der Waals surface area contributed by atoms with E-state index in [4.69, 9.17) is 0 Å². The van der Waals surface area contributed by atoms with Crippen LogP contribution in [0.2, 0.25) is 0 Å². The van der Waals surface area contributed by atoms with Gasteiger partial charge in [0.05, 0.1) is 0 Å². The summed E-state index contributed by atoms with van der Waals surface area (Å²) < 4.78 is 0. The number of hydrogen-bond acceptors (Lipinski definition) is 4. The number of aromatic nitrogens is 2. The van der Waals surface area contributed by atoms with Crippen molar-refractivity contribution in [2.24, 2.45) is 0 Å². The first kappa shape index (κ1) is 16.9. The Morgan fingerprint density at radius 3 is 2.52 bits per heavy atom. The van der Waals surface area contributed by atoms with Gasteiger partial charge in [0.2, 0.25) is 5.95 Å². The maximum absolute atomic E-state index is 12.5. The second-order valence-corrected chi connectivity index (χ2v) is 6.14. The van der Waals surface area contributed by atoms with Gasteiger partial charge in [-0.15, -0.1) is 0 Å². The highest BCUT2D eigenvalue weighted by Crippen LogP contribution is 2.16. The maximum atomic E-state index is 12.5. The number of benzene rings is 1. The van der Waals surface area contributed by atoms with Crippen molar-refractivity contribution in [3.63, 3.8) is 0 Å². The van der Waals surface area contributed by atoms with Crippen molar-refractivity contribution in [3.8, 4) is 0 Å². The molecule has 0 aliphatic heterocycles. The average Bonchev–Trinajstić information content (AvgIpc) is 2.53. The number of rotatable bonds is 5. The zero-order chi connectivity index (χ0) is 17.0. The predicted molar refractivity (Wildman–Crippen MR) is 92.8 cm³/mol. The molecule has 0 atom stereocenters. The summed E-state index contributed by atoms with van der Waals surface area (Å²) in [7, 11) is 3.74. The number of aryl methyl sites for hydroxylation is 1. The van der Waals surface area contributed by atoms with Gasteiger partial charge in [-0.25, -0.2) is 9.97 Å². The molecular weight excluding hydrogens is 288 g/mol. The normalized spacial score (nSPS) is 10.7. The molecule has 0 saturated heterocycles. The molecule has 0 spiro atoms. The fourth-order valence-corrected chi connectivity index (χ4v) is 2.14. The Labute approximate surface area is 137 Å². The highest BCUT2D eigenvalue weighted by molar-refractivity contribution is 5.92. The van der Waals surface area contributed by atoms with Crippen LogP contribution in [-0.4, -0.2) is 30.0 Å². The Kier molecular flexibility index (Phi) is 5.32. The molecule has 1 aromatic carbocycles. The first-order valence-electron chi connectivity index (χ1n) is 7.77. The minimum absolute atomic E-state index is 0.180. The Hall–Kier alpha value is -2.43. The van der Waals surface area contributed by atoms with Gasteiger partial charge in [0.1, 0.15) is 5.69 Å². The monoisotopic (exact) mass is 312 g/mol. The van der Waals surface area contributed by atoms with Crippen molar-refractivity contribution in [2.45, 2.75) is 33.2 Å². The van der Waals surface area contributed by atoms with E-state index in [0.717, 1.165) is 16.8 Å². The van der Waals surface area contributed by atoms with Gasteiger partial charge in [0.25, 0.3) is 5.91 Å². The van der Waals surface area contributed by atoms with Crippen LogP contribution in [0.5, 0.6) is 0 Å². The van der Waals surface area contributed by atoms with E-state index in [1.165, 1.54) is 0 Å². The highest BCUT2D eigenvalue weighted by Gasteiger charge is 2.14. The van der Waals surface area contributed by atoms with Crippen molar-refractivity contribution in [1.82, 2.24) is 15.3 Å². The minimum atomic E-state index is -0.180. The largest absolute Gasteiger partial charge is 0.347 e. The van der Waals surface area contributed by atoms with Gasteiger partial charge in [0, 0.05) is 26.3 Å². The Morgan fingerprint density at radius 1 is 1.22 bits per heavy atom. The van der Waals surface area contributed by atoms with Crippen molar-refractivity contribution >= 4 is 11.9 Å². The summed E-state index contributed by atoms with van der Waals surface area (Å²) >= 11 is 0. The number of nitrogens with one attached hydrogen (secondary N) is 1. The molecular formula is C18H24N4O. The predicted octanol–water partition coefficient (Wildman–Crippen LogP) is 2.90. The van der Waals surface area contributed by atoms with Crippen LogP contribution in [0.1, 0.15) is 47.1 Å². The average molecular weight is 312 g/mol. The molecule has 1 aromatic heterocycles. The standard InChI is InChI=1S/C18H24N4O/c1-12(2)15-10-16(21-18(20-15)22(4)5)17(23)19-11-14-9-7-6-8-13(14)3/h6-10,12H,11H2,1-5H3,(H,19,23). The van der Waals surface area contributed by atoms with Crippen LogP contribution in [0.25, 0.3) is 0 Å². The molecule has 0 unspecified atom stereocenters. The molecule has 0 bridgehead atoms. The number of carbonyl (C=O) groups excluding carboxylic acids is 1. The molecule has 0 aliphatic rings. The van der Waals surface area contributed by atoms with Crippen LogP contribution < -0.4 is 10.2 Å². The summed E-state index contributed by atoms with van der Waals surface area (Å²) in [5, 5.41) is 2.94. The molecule has 1 N–H and O–H groups in total. The summed E-state index contributed by atoms with van der Waals surface area (Å²) in [4.78, 5) is 23.1. The van der Waals surface area contributed by atoms with Crippen LogP contribution in [-0.2, 0) is 6.54 Å². The van der Waals surface area contributed by atoms with E-state index in [1.54, 1.807) is 6.07 Å². The van der Waals surface area contributed by atoms with Gasteiger partial charge in [-0.2, -0.15) is 0 Å². The van der Waals surface area contributed by atoms with Crippen LogP contribution >= 0.6 is 0 Å². The summed E-state index contributed by atoms with van der Waals surface area (Å²) in [6.45, 7) is 6.63. The lowest BCUT2D eigenvalue weighted by atomic mass is 10.1. The lowest BCUT2D eigenvalue weighted by molar-refractivity contribution is 0.0945. The molecule has 0 fully saturated rings. The second kappa shape index (κ2) is 7.22. The Morgan fingerprint density at radius 2 is 1.91 bits per heavy atom. The van der Waals surface area contributed by atoms with E-state index in [0.29, 0.717) is 18.2 Å². The molecule has 5 heteroatoms. The van der Waals surface area contributed by atoms with Crippen LogP contribution in [0.15, 0.2) is 30.3 Å². The molecule has 122 valence electrons. The third-order valence-electron chi connectivity index (χ3n) is 3.66. The van der Waals surface area contributed by atoms with E-state index >= 15 is 0 Å². The SMILES string of the molecule is Cc1ccccc1CNC(=O)c1cc(C(C)C)nc(N(C)C)n1. The molecule has 0 radical (unpaired) electrons. The topological polar surface area (TPSA) is 58.1 Å². The third-order valence-corrected chi connectivity index (χ3v) is 3.66. The van der Waals surface area contributed by atoms with Gasteiger partial charge in [-0.3, -0.25) is 4.79 Å². The fourth-order valence-electron chi connectivity index (χ4n) is 2.14. The molecule has 2 aromatic rings. The quantitative estimate of drug-likeness (QED) is 0.922. The highest BCUT2D eigenvalue weighted by atomic mass is 16.1. The fraction of sp³-hybridized carbons (Fsp3) is 0.389. The van der Waals surface area contributed by atoms with Crippen LogP contribution in [0.3, 0.4) is 0 Å². The number of carbonyl (C=O) groups is 1. The molecule has 0 aliphatic carbocycles. The van der Waals surface area contributed by atoms with E-state index in [-0.39, 0.29) is 11.8 Å². The first-order chi connectivity index (χ1) is 10.9. The Bertz CT molecular complexity index is 669. The maximum Gasteiger partial charge on any atom is 0.270 e. The molecule has 2 rings (SSSR count). The smallest absolute Gasteiger partial charge is 0.270 e. The van der Waals surface area contributed by atoms with Gasteiger partial charge < -0.3 is 10.2 Å². The lowest BCUT2D eigenvalue weighted by Gasteiger charge is -2.15. The number of hydrogen-bond donors (Lipinski definition) is 1. The van der Waals surface area contributed by atoms with Crippen LogP contribution in [0.4, 0.5) is 5.95 Å². The lowest BCUT2D eigenvalue weighted by Crippen LogP contribution is -2.26. The van der Waals surface area contributed by atoms with E-state index < -0.39 is 0 Å². The minimum Gasteiger partial charge on any atom is -0.347 e. The second-order valence-electron chi connectivity index (χ2n) is 6.14. The van der Waals surface area contributed by atoms with Crippen molar-refractivity contribution in [2.75, 3.05) is 19.0 Å². The van der Waals surface area contributed by atoms with Gasteiger partial charge in [-0.1, -0.05) is 38.1 Å². The summed E-state index contributed by atoms with van der Waals surface area (Å²) in [5.41, 5.74) is 3.53. The molecule has 1 heterocycles. The summed E-state index contributed by atoms with van der Waals surface area (Å²) in [5.74, 6) is 0.609. The Balaban J connectivity index is 2.20. The molecule has 0 saturated carbocycles. The van der Waals surface area contributed by atoms with Crippen molar-refractivity contribution < 1.29 is 4.79 Å². The third kappa shape index (κ3) is 4.28. The number of nitrogens with zero attached hydrogens (tertiary/aromatic N) is 3. The zero-order valence-corrected chi connectivity index (χ0v) is 14.4. The molecule has 1 amide bonds. The molecule has 23 heavy (non-hydrogen) atoms. The van der Waals surface area contributed by atoms with Gasteiger partial charge >= 0.3 is 0 Å². The van der Waals surface area contributed by atoms with E-state index in [2.05, 4.69) is 29.1 Å². The summed E-state index contributed by atoms with van der Waals surface area (Å²) in [6, 6.07) is 9.78. The van der Waals surface area contributed by atoms with Crippen molar-refractivity contribution in [3.05, 3.63) is 52.8 Å².